The number of urea groups is 1. The van der Waals surface area contributed by atoms with Gasteiger partial charge in [-0.15, -0.1) is 16.5 Å². The highest BCUT2D eigenvalue weighted by molar-refractivity contribution is 6.18. The van der Waals surface area contributed by atoms with Crippen LogP contribution in [0.1, 0.15) is 0 Å². The average molecular weight is 372 g/mol. The summed E-state index contributed by atoms with van der Waals surface area (Å²) < 4.78 is 10.2. The molecule has 0 bridgehead atoms. The summed E-state index contributed by atoms with van der Waals surface area (Å²) in [6, 6.07) is -0.924. The molecule has 0 aliphatic carbocycles. The maximum Gasteiger partial charge on any atom is 0.345 e. The lowest BCUT2D eigenvalue weighted by molar-refractivity contribution is -0.258. The number of aliphatic hydroxyl groups excluding tert-OH is 4. The van der Waals surface area contributed by atoms with Gasteiger partial charge in [0.1, 0.15) is 24.4 Å². The van der Waals surface area contributed by atoms with Crippen molar-refractivity contribution in [3.63, 3.8) is 0 Å². The Bertz CT molecular complexity index is 416. The van der Waals surface area contributed by atoms with Crippen LogP contribution in [0.25, 0.3) is 0 Å². The summed E-state index contributed by atoms with van der Waals surface area (Å²) in [5, 5.41) is 42.1. The molecule has 1 saturated heterocycles. The number of alkyl halides is 1. The standard InChI is InChI=1S/C12H22ClN3O8/c1-23-5-4-15(12(21)16(14-22)3-2-13)11-10(20)9(19)8(18)7(6-17)24-11/h7-11,17-20H,2-6H2,1H3/t7-,8+,9+,10-,11?/m1/s1. The zero-order valence-corrected chi connectivity index (χ0v) is 13.8. The minimum Gasteiger partial charge on any atom is -0.394 e. The zero-order chi connectivity index (χ0) is 18.3. The van der Waals surface area contributed by atoms with Crippen LogP contribution in [0.2, 0.25) is 0 Å². The van der Waals surface area contributed by atoms with Crippen LogP contribution >= 0.6 is 11.6 Å². The molecule has 1 rings (SSSR count). The summed E-state index contributed by atoms with van der Waals surface area (Å²) in [5.74, 6) is -0.0513. The molecule has 0 saturated carbocycles. The third kappa shape index (κ3) is 4.72. The minimum atomic E-state index is -1.67. The highest BCUT2D eigenvalue weighted by Gasteiger charge is 2.47. The lowest BCUT2D eigenvalue weighted by Gasteiger charge is -2.44. The maximum absolute atomic E-state index is 12.4. The Labute approximate surface area is 143 Å². The van der Waals surface area contributed by atoms with Crippen LogP contribution in [0.4, 0.5) is 4.79 Å². The molecule has 1 fully saturated rings. The molecule has 140 valence electrons. The highest BCUT2D eigenvalue weighted by atomic mass is 35.5. The summed E-state index contributed by atoms with van der Waals surface area (Å²) in [7, 11) is 1.38. The van der Waals surface area contributed by atoms with Crippen LogP contribution in [0.3, 0.4) is 0 Å². The van der Waals surface area contributed by atoms with Crippen molar-refractivity contribution >= 4 is 17.6 Å². The first-order chi connectivity index (χ1) is 11.4. The van der Waals surface area contributed by atoms with Crippen molar-refractivity contribution in [3.8, 4) is 0 Å². The van der Waals surface area contributed by atoms with E-state index in [1.807, 2.05) is 0 Å². The van der Waals surface area contributed by atoms with E-state index < -0.39 is 43.3 Å². The fourth-order valence-electron chi connectivity index (χ4n) is 2.26. The molecular weight excluding hydrogens is 350 g/mol. The lowest BCUT2D eigenvalue weighted by atomic mass is 9.98. The number of nitrogens with zero attached hydrogens (tertiary/aromatic N) is 3. The van der Waals surface area contributed by atoms with E-state index in [1.54, 1.807) is 0 Å². The molecule has 1 aliphatic heterocycles. The second kappa shape index (κ2) is 10.0. The number of amides is 2. The van der Waals surface area contributed by atoms with Gasteiger partial charge in [-0.3, -0.25) is 4.90 Å². The van der Waals surface area contributed by atoms with E-state index in [2.05, 4.69) is 5.29 Å². The molecule has 5 atom stereocenters. The second-order valence-electron chi connectivity index (χ2n) is 5.08. The third-order valence-corrected chi connectivity index (χ3v) is 3.74. The summed E-state index contributed by atoms with van der Waals surface area (Å²) in [5.41, 5.74) is 0. The van der Waals surface area contributed by atoms with Crippen molar-refractivity contribution in [1.82, 2.24) is 9.91 Å². The average Bonchev–Trinajstić information content (AvgIpc) is 2.59. The number of aliphatic hydroxyl groups is 4. The molecule has 0 radical (unpaired) electrons. The Morgan fingerprint density at radius 3 is 2.42 bits per heavy atom. The number of halogens is 1. The topological polar surface area (TPSA) is 152 Å². The molecule has 1 unspecified atom stereocenters. The van der Waals surface area contributed by atoms with E-state index in [1.165, 1.54) is 7.11 Å². The van der Waals surface area contributed by atoms with Gasteiger partial charge in [0, 0.05) is 19.5 Å². The monoisotopic (exact) mass is 371 g/mol. The maximum atomic E-state index is 12.4. The molecule has 11 nitrogen and oxygen atoms in total. The molecule has 1 aliphatic rings. The number of hydrogen-bond acceptors (Lipinski definition) is 9. The second-order valence-corrected chi connectivity index (χ2v) is 5.46. The van der Waals surface area contributed by atoms with Crippen LogP contribution in [-0.2, 0) is 9.47 Å². The first-order valence-corrected chi connectivity index (χ1v) is 7.73. The fraction of sp³-hybridized carbons (Fsp3) is 0.917. The quantitative estimate of drug-likeness (QED) is 0.219. The van der Waals surface area contributed by atoms with Gasteiger partial charge in [-0.2, -0.15) is 5.01 Å². The Kier molecular flexibility index (Phi) is 8.76. The number of ether oxygens (including phenoxy) is 2. The Morgan fingerprint density at radius 2 is 1.92 bits per heavy atom. The van der Waals surface area contributed by atoms with Crippen molar-refractivity contribution in [3.05, 3.63) is 4.91 Å². The lowest BCUT2D eigenvalue weighted by Crippen LogP contribution is -2.65. The largest absolute Gasteiger partial charge is 0.394 e. The number of methoxy groups -OCH3 is 1. The third-order valence-electron chi connectivity index (χ3n) is 3.57. The van der Waals surface area contributed by atoms with Gasteiger partial charge in [0.15, 0.2) is 6.23 Å². The van der Waals surface area contributed by atoms with Crippen molar-refractivity contribution in [2.45, 2.75) is 30.6 Å². The summed E-state index contributed by atoms with van der Waals surface area (Å²) >= 11 is 5.51. The summed E-state index contributed by atoms with van der Waals surface area (Å²) in [4.78, 5) is 24.2. The molecule has 0 aromatic carbocycles. The van der Waals surface area contributed by atoms with Gasteiger partial charge in [-0.25, -0.2) is 4.79 Å². The normalized spacial score (nSPS) is 30.0. The first-order valence-electron chi connectivity index (χ1n) is 7.19. The van der Waals surface area contributed by atoms with E-state index >= 15 is 0 Å². The predicted octanol–water partition coefficient (Wildman–Crippen LogP) is -1.92. The van der Waals surface area contributed by atoms with E-state index in [0.29, 0.717) is 5.01 Å². The fourth-order valence-corrected chi connectivity index (χ4v) is 2.42. The molecule has 2 amide bonds. The van der Waals surface area contributed by atoms with E-state index in [9.17, 15) is 30.1 Å². The molecular formula is C12H22ClN3O8. The summed E-state index contributed by atoms with van der Waals surface area (Å²) in [6.45, 7) is -0.892. The van der Waals surface area contributed by atoms with Crippen LogP contribution < -0.4 is 0 Å². The van der Waals surface area contributed by atoms with Gasteiger partial charge in [0.25, 0.3) is 0 Å². The van der Waals surface area contributed by atoms with Gasteiger partial charge in [-0.1, -0.05) is 0 Å². The molecule has 24 heavy (non-hydrogen) atoms. The van der Waals surface area contributed by atoms with Gasteiger partial charge >= 0.3 is 6.03 Å². The van der Waals surface area contributed by atoms with Gasteiger partial charge < -0.3 is 29.9 Å². The SMILES string of the molecule is COCCN(C(=O)N(CCCl)N=O)C1O[C@H](CO)[C@H](O)[C@H](O)[C@H]1O. The van der Waals surface area contributed by atoms with Crippen molar-refractivity contribution in [2.75, 3.05) is 39.3 Å². The molecule has 1 heterocycles. The van der Waals surface area contributed by atoms with E-state index in [4.69, 9.17) is 21.1 Å². The number of nitroso groups, excluding NO2 is 1. The number of carbonyl (C=O) groups excluding carboxylic acids is 1. The summed E-state index contributed by atoms with van der Waals surface area (Å²) in [6.07, 6.45) is -7.53. The highest BCUT2D eigenvalue weighted by Crippen LogP contribution is 2.24. The number of hydrogen-bond donors (Lipinski definition) is 4. The van der Waals surface area contributed by atoms with Crippen LogP contribution in [0.5, 0.6) is 0 Å². The molecule has 4 N–H and O–H groups in total. The predicted molar refractivity (Wildman–Crippen MR) is 81.0 cm³/mol. The smallest absolute Gasteiger partial charge is 0.345 e. The Balaban J connectivity index is 3.04. The number of carbonyl (C=O) groups is 1. The molecule has 0 aromatic heterocycles. The van der Waals surface area contributed by atoms with Crippen molar-refractivity contribution in [2.24, 2.45) is 5.29 Å². The van der Waals surface area contributed by atoms with Gasteiger partial charge in [0.05, 0.1) is 25.0 Å². The van der Waals surface area contributed by atoms with Crippen LogP contribution in [-0.4, -0.2) is 106 Å². The zero-order valence-electron chi connectivity index (χ0n) is 13.1. The van der Waals surface area contributed by atoms with Gasteiger partial charge in [0.2, 0.25) is 0 Å². The molecule has 0 aromatic rings. The van der Waals surface area contributed by atoms with E-state index in [-0.39, 0.29) is 25.6 Å². The van der Waals surface area contributed by atoms with Crippen LogP contribution in [0, 0.1) is 4.91 Å². The Hall–Kier alpha value is -1.08. The number of rotatable bonds is 8. The minimum absolute atomic E-state index is 0.0360. The van der Waals surface area contributed by atoms with E-state index in [0.717, 1.165) is 4.90 Å². The Morgan fingerprint density at radius 1 is 1.25 bits per heavy atom. The van der Waals surface area contributed by atoms with Gasteiger partial charge in [-0.05, 0) is 0 Å². The first kappa shape index (κ1) is 21.0. The van der Waals surface area contributed by atoms with Crippen LogP contribution in [0.15, 0.2) is 5.29 Å². The van der Waals surface area contributed by atoms with Crippen molar-refractivity contribution < 1.29 is 34.7 Å². The van der Waals surface area contributed by atoms with Crippen molar-refractivity contribution in [1.29, 1.82) is 0 Å². The molecule has 0 spiro atoms. The molecule has 12 heteroatoms.